The average Bonchev–Trinajstić information content (AvgIpc) is 2.89. The van der Waals surface area contributed by atoms with Gasteiger partial charge < -0.3 is 15.0 Å². The van der Waals surface area contributed by atoms with Gasteiger partial charge in [-0.2, -0.15) is 0 Å². The number of pyridine rings is 1. The SMILES string of the molecule is Cc1c(CNCc2ccccn2)c(C(=O)O)c(C)n1Cc1ccccc1F. The first kappa shape index (κ1) is 18.8. The summed E-state index contributed by atoms with van der Waals surface area (Å²) in [7, 11) is 0. The van der Waals surface area contributed by atoms with Crippen molar-refractivity contribution in [1.82, 2.24) is 14.9 Å². The monoisotopic (exact) mass is 367 g/mol. The van der Waals surface area contributed by atoms with Crippen LogP contribution in [0.2, 0.25) is 0 Å². The van der Waals surface area contributed by atoms with Crippen LogP contribution in [0.25, 0.3) is 0 Å². The van der Waals surface area contributed by atoms with Gasteiger partial charge in [0.25, 0.3) is 0 Å². The zero-order valence-electron chi connectivity index (χ0n) is 15.4. The van der Waals surface area contributed by atoms with Crippen LogP contribution in [0.3, 0.4) is 0 Å². The number of halogens is 1. The number of carboxylic acids is 1. The first-order valence-corrected chi connectivity index (χ1v) is 8.75. The molecule has 0 radical (unpaired) electrons. The molecule has 0 aliphatic heterocycles. The third-order valence-electron chi connectivity index (χ3n) is 4.74. The number of benzene rings is 1. The molecular weight excluding hydrogens is 345 g/mol. The highest BCUT2D eigenvalue weighted by atomic mass is 19.1. The van der Waals surface area contributed by atoms with Gasteiger partial charge in [-0.05, 0) is 32.0 Å². The lowest BCUT2D eigenvalue weighted by Crippen LogP contribution is -2.16. The zero-order chi connectivity index (χ0) is 19.4. The van der Waals surface area contributed by atoms with Crippen LogP contribution in [-0.2, 0) is 19.6 Å². The van der Waals surface area contributed by atoms with Crippen molar-refractivity contribution in [2.45, 2.75) is 33.5 Å². The Morgan fingerprint density at radius 1 is 1.11 bits per heavy atom. The van der Waals surface area contributed by atoms with Crippen molar-refractivity contribution in [3.8, 4) is 0 Å². The zero-order valence-corrected chi connectivity index (χ0v) is 15.4. The van der Waals surface area contributed by atoms with Gasteiger partial charge in [-0.3, -0.25) is 4.98 Å². The molecular formula is C21H22FN3O2. The Kier molecular flexibility index (Phi) is 5.66. The molecule has 0 amide bonds. The Labute approximate surface area is 157 Å². The summed E-state index contributed by atoms with van der Waals surface area (Å²) in [5.74, 6) is -1.27. The molecule has 2 aromatic heterocycles. The third kappa shape index (κ3) is 4.06. The van der Waals surface area contributed by atoms with Crippen molar-refractivity contribution in [2.24, 2.45) is 0 Å². The third-order valence-corrected chi connectivity index (χ3v) is 4.74. The molecule has 0 bridgehead atoms. The maximum Gasteiger partial charge on any atom is 0.337 e. The van der Waals surface area contributed by atoms with Gasteiger partial charge in [0.15, 0.2) is 0 Å². The van der Waals surface area contributed by atoms with Crippen molar-refractivity contribution in [3.05, 3.63) is 88.3 Å². The van der Waals surface area contributed by atoms with E-state index in [9.17, 15) is 14.3 Å². The maximum absolute atomic E-state index is 14.0. The molecule has 3 rings (SSSR count). The summed E-state index contributed by atoms with van der Waals surface area (Å²) in [6.07, 6.45) is 1.72. The molecule has 0 aliphatic carbocycles. The van der Waals surface area contributed by atoms with Crippen molar-refractivity contribution in [1.29, 1.82) is 0 Å². The van der Waals surface area contributed by atoms with Gasteiger partial charge in [0.1, 0.15) is 5.82 Å². The number of rotatable bonds is 7. The van der Waals surface area contributed by atoms with Gasteiger partial charge in [0, 0.05) is 41.8 Å². The van der Waals surface area contributed by atoms with Crippen LogP contribution >= 0.6 is 0 Å². The van der Waals surface area contributed by atoms with Crippen LogP contribution < -0.4 is 5.32 Å². The topological polar surface area (TPSA) is 67.2 Å². The second-order valence-electron chi connectivity index (χ2n) is 6.43. The lowest BCUT2D eigenvalue weighted by atomic mass is 10.1. The van der Waals surface area contributed by atoms with E-state index in [1.165, 1.54) is 6.07 Å². The maximum atomic E-state index is 14.0. The van der Waals surface area contributed by atoms with E-state index in [4.69, 9.17) is 0 Å². The van der Waals surface area contributed by atoms with Gasteiger partial charge >= 0.3 is 5.97 Å². The minimum absolute atomic E-state index is 0.275. The molecule has 0 aliphatic rings. The predicted octanol–water partition coefficient (Wildman–Crippen LogP) is 3.68. The van der Waals surface area contributed by atoms with Crippen LogP contribution in [0.15, 0.2) is 48.7 Å². The second-order valence-corrected chi connectivity index (χ2v) is 6.43. The fourth-order valence-corrected chi connectivity index (χ4v) is 3.30. The predicted molar refractivity (Wildman–Crippen MR) is 101 cm³/mol. The van der Waals surface area contributed by atoms with Crippen molar-refractivity contribution in [2.75, 3.05) is 0 Å². The van der Waals surface area contributed by atoms with Gasteiger partial charge in [-0.15, -0.1) is 0 Å². The lowest BCUT2D eigenvalue weighted by Gasteiger charge is -2.11. The quantitative estimate of drug-likeness (QED) is 0.669. The molecule has 2 heterocycles. The van der Waals surface area contributed by atoms with Gasteiger partial charge in [0.2, 0.25) is 0 Å². The molecule has 0 saturated heterocycles. The van der Waals surface area contributed by atoms with E-state index in [-0.39, 0.29) is 11.4 Å². The first-order valence-electron chi connectivity index (χ1n) is 8.75. The van der Waals surface area contributed by atoms with Crippen molar-refractivity contribution < 1.29 is 14.3 Å². The molecule has 6 heteroatoms. The molecule has 5 nitrogen and oxygen atoms in total. The van der Waals surface area contributed by atoms with Crippen LogP contribution in [0, 0.1) is 19.7 Å². The van der Waals surface area contributed by atoms with E-state index >= 15 is 0 Å². The highest BCUT2D eigenvalue weighted by Gasteiger charge is 2.22. The molecule has 0 spiro atoms. The van der Waals surface area contributed by atoms with E-state index in [2.05, 4.69) is 10.3 Å². The fourth-order valence-electron chi connectivity index (χ4n) is 3.30. The van der Waals surface area contributed by atoms with Crippen LogP contribution in [0.5, 0.6) is 0 Å². The number of carbonyl (C=O) groups is 1. The first-order chi connectivity index (χ1) is 13.0. The highest BCUT2D eigenvalue weighted by Crippen LogP contribution is 2.24. The van der Waals surface area contributed by atoms with Gasteiger partial charge in [-0.25, -0.2) is 9.18 Å². The number of hydrogen-bond donors (Lipinski definition) is 2. The Balaban J connectivity index is 1.87. The minimum atomic E-state index is -0.975. The molecule has 0 atom stereocenters. The van der Waals surface area contributed by atoms with Crippen molar-refractivity contribution in [3.63, 3.8) is 0 Å². The molecule has 0 fully saturated rings. The second kappa shape index (κ2) is 8.14. The Morgan fingerprint density at radius 3 is 2.52 bits per heavy atom. The number of nitrogens with one attached hydrogen (secondary N) is 1. The molecule has 0 unspecified atom stereocenters. The standard InChI is InChI=1S/C21H22FN3O2/c1-14-18(12-23-11-17-8-5-6-10-24-17)20(21(26)27)15(2)25(14)13-16-7-3-4-9-19(16)22/h3-10,23H,11-13H2,1-2H3,(H,26,27). The number of hydrogen-bond acceptors (Lipinski definition) is 3. The molecule has 2 N–H and O–H groups in total. The Bertz CT molecular complexity index is 952. The summed E-state index contributed by atoms with van der Waals surface area (Å²) in [5.41, 5.74) is 3.85. The smallest absolute Gasteiger partial charge is 0.337 e. The van der Waals surface area contributed by atoms with E-state index < -0.39 is 5.97 Å². The van der Waals surface area contributed by atoms with Crippen LogP contribution in [0.1, 0.15) is 38.6 Å². The van der Waals surface area contributed by atoms with E-state index in [1.807, 2.05) is 29.7 Å². The summed E-state index contributed by atoms with van der Waals surface area (Å²) in [5, 5.41) is 13.0. The number of aromatic nitrogens is 2. The average molecular weight is 367 g/mol. The molecule has 140 valence electrons. The molecule has 1 aromatic carbocycles. The van der Waals surface area contributed by atoms with Crippen LogP contribution in [-0.4, -0.2) is 20.6 Å². The van der Waals surface area contributed by atoms with Gasteiger partial charge in [0.05, 0.1) is 17.8 Å². The van der Waals surface area contributed by atoms with E-state index in [1.54, 1.807) is 31.3 Å². The largest absolute Gasteiger partial charge is 0.478 e. The van der Waals surface area contributed by atoms with Crippen LogP contribution in [0.4, 0.5) is 4.39 Å². The van der Waals surface area contributed by atoms with E-state index in [0.717, 1.165) is 11.4 Å². The summed E-state index contributed by atoms with van der Waals surface area (Å²) in [6, 6.07) is 12.2. The summed E-state index contributed by atoms with van der Waals surface area (Å²) < 4.78 is 15.9. The number of nitrogens with zero attached hydrogens (tertiary/aromatic N) is 2. The molecule has 3 aromatic rings. The van der Waals surface area contributed by atoms with E-state index in [0.29, 0.717) is 36.5 Å². The lowest BCUT2D eigenvalue weighted by molar-refractivity contribution is 0.0694. The Morgan fingerprint density at radius 2 is 1.85 bits per heavy atom. The summed E-state index contributed by atoms with van der Waals surface area (Å²) in [4.78, 5) is 16.1. The number of carboxylic acid groups (broad SMARTS) is 1. The normalized spacial score (nSPS) is 10.9. The summed E-state index contributed by atoms with van der Waals surface area (Å²) >= 11 is 0. The number of aromatic carboxylic acids is 1. The Hall–Kier alpha value is -2.99. The van der Waals surface area contributed by atoms with Crippen molar-refractivity contribution >= 4 is 5.97 Å². The molecule has 0 saturated carbocycles. The molecule has 27 heavy (non-hydrogen) atoms. The van der Waals surface area contributed by atoms with Gasteiger partial charge in [-0.1, -0.05) is 24.3 Å². The highest BCUT2D eigenvalue weighted by molar-refractivity contribution is 5.91. The summed E-state index contributed by atoms with van der Waals surface area (Å²) in [6.45, 7) is 4.87. The fraction of sp³-hybridized carbons (Fsp3) is 0.238. The minimum Gasteiger partial charge on any atom is -0.478 e.